The summed E-state index contributed by atoms with van der Waals surface area (Å²) in [4.78, 5) is 15.8. The number of rotatable bonds is 3. The molecule has 0 atom stereocenters. The number of nitrogens with two attached hydrogens (primary N) is 1. The number of hydrogen-bond acceptors (Lipinski definition) is 4. The minimum absolute atomic E-state index is 0.226. The Morgan fingerprint density at radius 3 is 3.00 bits per heavy atom. The van der Waals surface area contributed by atoms with E-state index >= 15 is 0 Å². The normalized spacial score (nSPS) is 10.2. The van der Waals surface area contributed by atoms with Gasteiger partial charge in [0, 0.05) is 19.2 Å². The monoisotopic (exact) mass is 231 g/mol. The number of nitrogens with one attached hydrogen (secondary N) is 1. The summed E-state index contributed by atoms with van der Waals surface area (Å²) in [5.74, 6) is 0.185. The van der Waals surface area contributed by atoms with Crippen molar-refractivity contribution >= 4 is 11.9 Å². The zero-order valence-electron chi connectivity index (χ0n) is 9.42. The first-order chi connectivity index (χ1) is 8.20. The van der Waals surface area contributed by atoms with Gasteiger partial charge in [-0.25, -0.2) is 4.68 Å². The second-order valence-electron chi connectivity index (χ2n) is 3.57. The van der Waals surface area contributed by atoms with E-state index in [9.17, 15) is 4.79 Å². The van der Waals surface area contributed by atoms with Gasteiger partial charge in [-0.3, -0.25) is 10.1 Å². The molecule has 1 aromatic carbocycles. The fourth-order valence-electron chi connectivity index (χ4n) is 1.42. The van der Waals surface area contributed by atoms with Crippen LogP contribution in [-0.4, -0.2) is 20.7 Å². The van der Waals surface area contributed by atoms with Gasteiger partial charge in [0.2, 0.25) is 5.95 Å². The maximum absolute atomic E-state index is 11.9. The molecule has 0 saturated heterocycles. The third-order valence-electron chi connectivity index (χ3n) is 2.36. The number of hydrogen-bond donors (Lipinski definition) is 2. The molecule has 0 saturated carbocycles. The van der Waals surface area contributed by atoms with Crippen molar-refractivity contribution in [1.82, 2.24) is 14.8 Å². The Labute approximate surface area is 98.5 Å². The van der Waals surface area contributed by atoms with Crippen molar-refractivity contribution in [2.45, 2.75) is 6.54 Å². The number of carbonyl (C=O) groups is 1. The Morgan fingerprint density at radius 2 is 2.35 bits per heavy atom. The molecule has 6 heteroatoms. The number of anilines is 1. The Hall–Kier alpha value is -2.21. The van der Waals surface area contributed by atoms with Crippen molar-refractivity contribution in [3.63, 3.8) is 0 Å². The maximum Gasteiger partial charge on any atom is 0.258 e. The molecule has 0 fully saturated rings. The summed E-state index contributed by atoms with van der Waals surface area (Å²) in [5.41, 5.74) is 6.99. The summed E-state index contributed by atoms with van der Waals surface area (Å²) in [7, 11) is 1.71. The molecule has 17 heavy (non-hydrogen) atoms. The lowest BCUT2D eigenvalue weighted by Crippen LogP contribution is -2.15. The highest BCUT2D eigenvalue weighted by molar-refractivity contribution is 6.03. The molecule has 0 unspecified atom stereocenters. The van der Waals surface area contributed by atoms with Gasteiger partial charge in [0.05, 0.1) is 0 Å². The summed E-state index contributed by atoms with van der Waals surface area (Å²) in [6.07, 6.45) is 1.38. The van der Waals surface area contributed by atoms with Gasteiger partial charge in [0.15, 0.2) is 0 Å². The third-order valence-corrected chi connectivity index (χ3v) is 2.36. The van der Waals surface area contributed by atoms with Crippen molar-refractivity contribution in [2.75, 3.05) is 5.32 Å². The number of nitrogens with zero attached hydrogens (tertiary/aromatic N) is 3. The third kappa shape index (κ3) is 2.48. The van der Waals surface area contributed by atoms with Crippen LogP contribution >= 0.6 is 0 Å². The van der Waals surface area contributed by atoms with Gasteiger partial charge in [0.25, 0.3) is 5.91 Å². The Bertz CT molecular complexity index is 534. The summed E-state index contributed by atoms with van der Waals surface area (Å²) >= 11 is 0. The number of aryl methyl sites for hydroxylation is 1. The van der Waals surface area contributed by atoms with Crippen molar-refractivity contribution in [2.24, 2.45) is 12.8 Å². The smallest absolute Gasteiger partial charge is 0.258 e. The van der Waals surface area contributed by atoms with Crippen LogP contribution < -0.4 is 11.1 Å². The zero-order valence-corrected chi connectivity index (χ0v) is 9.42. The fraction of sp³-hybridized carbons (Fsp3) is 0.182. The van der Waals surface area contributed by atoms with Crippen LogP contribution in [0.2, 0.25) is 0 Å². The van der Waals surface area contributed by atoms with Crippen molar-refractivity contribution in [1.29, 1.82) is 0 Å². The summed E-state index contributed by atoms with van der Waals surface area (Å²) in [5, 5.41) is 6.54. The van der Waals surface area contributed by atoms with E-state index in [0.29, 0.717) is 18.1 Å². The second-order valence-corrected chi connectivity index (χ2v) is 3.57. The number of benzene rings is 1. The highest BCUT2D eigenvalue weighted by Crippen LogP contribution is 2.07. The molecule has 0 aliphatic rings. The molecule has 0 spiro atoms. The lowest BCUT2D eigenvalue weighted by atomic mass is 10.1. The van der Waals surface area contributed by atoms with Crippen molar-refractivity contribution in [3.05, 3.63) is 41.7 Å². The Kier molecular flexibility index (Phi) is 3.15. The van der Waals surface area contributed by atoms with Crippen LogP contribution in [0.3, 0.4) is 0 Å². The van der Waals surface area contributed by atoms with E-state index < -0.39 is 0 Å². The van der Waals surface area contributed by atoms with E-state index in [1.54, 1.807) is 25.2 Å². The highest BCUT2D eigenvalue weighted by Gasteiger charge is 2.09. The quantitative estimate of drug-likeness (QED) is 0.806. The van der Waals surface area contributed by atoms with Gasteiger partial charge in [-0.05, 0) is 17.7 Å². The first-order valence-electron chi connectivity index (χ1n) is 5.15. The van der Waals surface area contributed by atoms with Gasteiger partial charge in [-0.1, -0.05) is 12.1 Å². The summed E-state index contributed by atoms with van der Waals surface area (Å²) < 4.78 is 1.49. The average Bonchev–Trinajstić information content (AvgIpc) is 2.75. The largest absolute Gasteiger partial charge is 0.326 e. The number of aromatic nitrogens is 3. The fourth-order valence-corrected chi connectivity index (χ4v) is 1.42. The predicted molar refractivity (Wildman–Crippen MR) is 63.3 cm³/mol. The van der Waals surface area contributed by atoms with Crippen LogP contribution in [-0.2, 0) is 13.6 Å². The average molecular weight is 231 g/mol. The molecule has 2 aromatic rings. The van der Waals surface area contributed by atoms with E-state index in [1.807, 2.05) is 6.07 Å². The second kappa shape index (κ2) is 4.75. The van der Waals surface area contributed by atoms with E-state index in [-0.39, 0.29) is 5.91 Å². The molecule has 0 aliphatic heterocycles. The van der Waals surface area contributed by atoms with Gasteiger partial charge >= 0.3 is 0 Å². The molecule has 6 nitrogen and oxygen atoms in total. The standard InChI is InChI=1S/C11H13N5O/c1-16-11(13-7-14-16)15-10(17)9-4-2-3-8(5-9)6-12/h2-5,7H,6,12H2,1H3,(H,13,14,15,17). The molecule has 88 valence electrons. The lowest BCUT2D eigenvalue weighted by Gasteiger charge is -2.05. The van der Waals surface area contributed by atoms with Gasteiger partial charge < -0.3 is 5.73 Å². The SMILES string of the molecule is Cn1ncnc1NC(=O)c1cccc(CN)c1. The van der Waals surface area contributed by atoms with Crippen molar-refractivity contribution in [3.8, 4) is 0 Å². The first kappa shape index (κ1) is 11.3. The van der Waals surface area contributed by atoms with Gasteiger partial charge in [0.1, 0.15) is 6.33 Å². The molecule has 0 aliphatic carbocycles. The van der Waals surface area contributed by atoms with E-state index in [2.05, 4.69) is 15.4 Å². The van der Waals surface area contributed by atoms with Gasteiger partial charge in [-0.2, -0.15) is 10.1 Å². The van der Waals surface area contributed by atoms with Crippen LogP contribution in [0.4, 0.5) is 5.95 Å². The lowest BCUT2D eigenvalue weighted by molar-refractivity contribution is 0.102. The first-order valence-corrected chi connectivity index (χ1v) is 5.15. The number of amides is 1. The summed E-state index contributed by atoms with van der Waals surface area (Å²) in [6.45, 7) is 0.408. The van der Waals surface area contributed by atoms with E-state index in [1.165, 1.54) is 11.0 Å². The molecule has 1 amide bonds. The number of carbonyl (C=O) groups excluding carboxylic acids is 1. The molecule has 1 aromatic heterocycles. The van der Waals surface area contributed by atoms with E-state index in [4.69, 9.17) is 5.73 Å². The zero-order chi connectivity index (χ0) is 12.3. The maximum atomic E-state index is 11.9. The van der Waals surface area contributed by atoms with Crippen LogP contribution in [0.25, 0.3) is 0 Å². The van der Waals surface area contributed by atoms with E-state index in [0.717, 1.165) is 5.56 Å². The summed E-state index contributed by atoms with van der Waals surface area (Å²) in [6, 6.07) is 7.16. The Morgan fingerprint density at radius 1 is 1.53 bits per heavy atom. The van der Waals surface area contributed by atoms with Crippen LogP contribution in [0.15, 0.2) is 30.6 Å². The molecular formula is C11H13N5O. The minimum Gasteiger partial charge on any atom is -0.326 e. The van der Waals surface area contributed by atoms with Crippen LogP contribution in [0.1, 0.15) is 15.9 Å². The van der Waals surface area contributed by atoms with Crippen LogP contribution in [0.5, 0.6) is 0 Å². The molecule has 0 radical (unpaired) electrons. The molecule has 2 rings (SSSR count). The molecular weight excluding hydrogens is 218 g/mol. The molecule has 3 N–H and O–H groups in total. The molecule has 1 heterocycles. The predicted octanol–water partition coefficient (Wildman–Crippen LogP) is 0.526. The highest BCUT2D eigenvalue weighted by atomic mass is 16.1. The van der Waals surface area contributed by atoms with Crippen LogP contribution in [0, 0.1) is 0 Å². The van der Waals surface area contributed by atoms with Crippen molar-refractivity contribution < 1.29 is 4.79 Å². The minimum atomic E-state index is -0.226. The molecule has 0 bridgehead atoms. The Balaban J connectivity index is 2.17. The topological polar surface area (TPSA) is 85.8 Å². The van der Waals surface area contributed by atoms with Gasteiger partial charge in [-0.15, -0.1) is 0 Å².